The van der Waals surface area contributed by atoms with Crippen LogP contribution in [0.3, 0.4) is 0 Å². The van der Waals surface area contributed by atoms with Gasteiger partial charge >= 0.3 is 0 Å². The minimum absolute atomic E-state index is 0. The fraction of sp³-hybridized carbons (Fsp3) is 0.0526. The van der Waals surface area contributed by atoms with Crippen molar-refractivity contribution in [1.29, 1.82) is 0 Å². The van der Waals surface area contributed by atoms with E-state index in [-0.39, 0.29) is 12.4 Å². The average Bonchev–Trinajstić information content (AvgIpc) is 3.00. The van der Waals surface area contributed by atoms with Crippen LogP contribution in [-0.4, -0.2) is 9.97 Å². The number of nitrogens with one attached hydrogen (secondary N) is 1. The van der Waals surface area contributed by atoms with Gasteiger partial charge in [0.15, 0.2) is 0 Å². The second-order valence-electron chi connectivity index (χ2n) is 5.34. The highest BCUT2D eigenvalue weighted by Gasteiger charge is 2.08. The molecule has 4 nitrogen and oxygen atoms in total. The highest BCUT2D eigenvalue weighted by atomic mass is 35.5. The van der Waals surface area contributed by atoms with Crippen LogP contribution in [0.5, 0.6) is 11.5 Å². The van der Waals surface area contributed by atoms with Crippen molar-refractivity contribution in [3.05, 3.63) is 71.2 Å². The molecule has 4 rings (SSSR count). The van der Waals surface area contributed by atoms with Gasteiger partial charge in [0, 0.05) is 15.9 Å². The summed E-state index contributed by atoms with van der Waals surface area (Å²) < 4.78 is 5.81. The maximum Gasteiger partial charge on any atom is 0.142 e. The molecule has 126 valence electrons. The topological polar surface area (TPSA) is 47.0 Å². The molecule has 0 bridgehead atoms. The molecule has 2 aromatic heterocycles. The Morgan fingerprint density at radius 3 is 2.40 bits per heavy atom. The van der Waals surface area contributed by atoms with Crippen LogP contribution in [-0.2, 0) is 0 Å². The van der Waals surface area contributed by atoms with Crippen molar-refractivity contribution in [2.75, 3.05) is 5.32 Å². The van der Waals surface area contributed by atoms with Crippen LogP contribution >= 0.6 is 23.7 Å². The second kappa shape index (κ2) is 7.51. The molecule has 25 heavy (non-hydrogen) atoms. The summed E-state index contributed by atoms with van der Waals surface area (Å²) in [4.78, 5) is 9.89. The zero-order valence-electron chi connectivity index (χ0n) is 13.5. The Morgan fingerprint density at radius 1 is 0.920 bits per heavy atom. The van der Waals surface area contributed by atoms with E-state index in [2.05, 4.69) is 22.2 Å². The SMILES string of the molecule is Cc1scc2ncnc(Nc3ccc(Oc4ccccc4)cc3)c12.Cl. The number of fused-ring (bicyclic) bond motifs is 1. The van der Waals surface area contributed by atoms with Gasteiger partial charge in [-0.3, -0.25) is 0 Å². The minimum atomic E-state index is 0. The third kappa shape index (κ3) is 3.73. The van der Waals surface area contributed by atoms with E-state index in [9.17, 15) is 0 Å². The van der Waals surface area contributed by atoms with Crippen molar-refractivity contribution < 1.29 is 4.74 Å². The molecule has 2 heterocycles. The van der Waals surface area contributed by atoms with Crippen LogP contribution in [0, 0.1) is 6.92 Å². The van der Waals surface area contributed by atoms with Gasteiger partial charge in [-0.05, 0) is 43.3 Å². The lowest BCUT2D eigenvalue weighted by Crippen LogP contribution is -1.95. The maximum atomic E-state index is 5.81. The van der Waals surface area contributed by atoms with E-state index in [1.165, 1.54) is 4.88 Å². The Kier molecular flexibility index (Phi) is 5.16. The molecule has 0 spiro atoms. The van der Waals surface area contributed by atoms with Crippen LogP contribution in [0.1, 0.15) is 4.88 Å². The number of halogens is 1. The van der Waals surface area contributed by atoms with Crippen LogP contribution in [0.2, 0.25) is 0 Å². The number of anilines is 2. The summed E-state index contributed by atoms with van der Waals surface area (Å²) in [7, 11) is 0. The zero-order chi connectivity index (χ0) is 16.4. The summed E-state index contributed by atoms with van der Waals surface area (Å²) in [6.45, 7) is 2.08. The van der Waals surface area contributed by atoms with Crippen molar-refractivity contribution in [2.24, 2.45) is 0 Å². The van der Waals surface area contributed by atoms with Crippen molar-refractivity contribution in [1.82, 2.24) is 9.97 Å². The molecule has 4 aromatic rings. The molecule has 0 aliphatic heterocycles. The van der Waals surface area contributed by atoms with Gasteiger partial charge in [0.1, 0.15) is 23.6 Å². The Morgan fingerprint density at radius 2 is 1.64 bits per heavy atom. The fourth-order valence-electron chi connectivity index (χ4n) is 2.50. The smallest absolute Gasteiger partial charge is 0.142 e. The normalized spacial score (nSPS) is 10.3. The van der Waals surface area contributed by atoms with Crippen LogP contribution < -0.4 is 10.1 Å². The predicted octanol–water partition coefficient (Wildman–Crippen LogP) is 5.96. The Bertz CT molecular complexity index is 971. The van der Waals surface area contributed by atoms with E-state index < -0.39 is 0 Å². The van der Waals surface area contributed by atoms with Crippen molar-refractivity contribution in [3.63, 3.8) is 0 Å². The second-order valence-corrected chi connectivity index (χ2v) is 6.42. The molecule has 0 radical (unpaired) electrons. The predicted molar refractivity (Wildman–Crippen MR) is 106 cm³/mol. The molecule has 1 N–H and O–H groups in total. The highest BCUT2D eigenvalue weighted by molar-refractivity contribution is 7.11. The van der Waals surface area contributed by atoms with Crippen LogP contribution in [0.25, 0.3) is 10.9 Å². The summed E-state index contributed by atoms with van der Waals surface area (Å²) in [6.07, 6.45) is 1.59. The maximum absolute atomic E-state index is 5.81. The quantitative estimate of drug-likeness (QED) is 0.482. The highest BCUT2D eigenvalue weighted by Crippen LogP contribution is 2.31. The third-order valence-electron chi connectivity index (χ3n) is 3.67. The molecule has 0 aliphatic carbocycles. The van der Waals surface area contributed by atoms with E-state index in [0.29, 0.717) is 0 Å². The van der Waals surface area contributed by atoms with E-state index in [4.69, 9.17) is 4.74 Å². The van der Waals surface area contributed by atoms with Gasteiger partial charge in [-0.15, -0.1) is 23.7 Å². The lowest BCUT2D eigenvalue weighted by molar-refractivity contribution is 0.483. The minimum Gasteiger partial charge on any atom is -0.457 e. The number of aryl methyl sites for hydroxylation is 1. The molecule has 0 amide bonds. The van der Waals surface area contributed by atoms with Crippen molar-refractivity contribution in [3.8, 4) is 11.5 Å². The molecule has 0 atom stereocenters. The monoisotopic (exact) mass is 369 g/mol. The van der Waals surface area contributed by atoms with Gasteiger partial charge < -0.3 is 10.1 Å². The first-order valence-corrected chi connectivity index (χ1v) is 8.46. The largest absolute Gasteiger partial charge is 0.457 e. The summed E-state index contributed by atoms with van der Waals surface area (Å²) in [6, 6.07) is 17.6. The standard InChI is InChI=1S/C19H15N3OS.ClH/c1-13-18-17(11-24-13)20-12-21-19(18)22-14-7-9-16(10-8-14)23-15-5-3-2-4-6-15;/h2-12H,1H3,(H,20,21,22);1H. The van der Waals surface area contributed by atoms with Gasteiger partial charge in [-0.1, -0.05) is 18.2 Å². The van der Waals surface area contributed by atoms with Crippen molar-refractivity contribution >= 4 is 46.2 Å². The molecule has 6 heteroatoms. The van der Waals surface area contributed by atoms with Crippen molar-refractivity contribution in [2.45, 2.75) is 6.92 Å². The molecule has 0 saturated carbocycles. The van der Waals surface area contributed by atoms with Gasteiger partial charge in [0.05, 0.1) is 10.9 Å². The summed E-state index contributed by atoms with van der Waals surface area (Å²) >= 11 is 1.68. The number of benzene rings is 2. The summed E-state index contributed by atoms with van der Waals surface area (Å²) in [5.41, 5.74) is 1.93. The first-order valence-electron chi connectivity index (χ1n) is 7.58. The van der Waals surface area contributed by atoms with E-state index in [1.807, 2.05) is 60.0 Å². The lowest BCUT2D eigenvalue weighted by atomic mass is 10.2. The van der Waals surface area contributed by atoms with Crippen LogP contribution in [0.15, 0.2) is 66.3 Å². The number of hydrogen-bond acceptors (Lipinski definition) is 5. The Balaban J connectivity index is 0.00000182. The van der Waals surface area contributed by atoms with Gasteiger partial charge in [-0.25, -0.2) is 9.97 Å². The molecule has 0 saturated heterocycles. The molecular weight excluding hydrogens is 354 g/mol. The Hall–Kier alpha value is -2.63. The number of para-hydroxylation sites is 1. The molecule has 0 fully saturated rings. The molecule has 0 unspecified atom stereocenters. The zero-order valence-corrected chi connectivity index (χ0v) is 15.1. The fourth-order valence-corrected chi connectivity index (χ4v) is 3.29. The van der Waals surface area contributed by atoms with E-state index in [0.717, 1.165) is 33.9 Å². The number of hydrogen-bond donors (Lipinski definition) is 1. The first-order chi connectivity index (χ1) is 11.8. The lowest BCUT2D eigenvalue weighted by Gasteiger charge is -2.09. The number of aromatic nitrogens is 2. The number of thiophene rings is 1. The summed E-state index contributed by atoms with van der Waals surface area (Å²) in [5.74, 6) is 2.45. The van der Waals surface area contributed by atoms with Crippen LogP contribution in [0.4, 0.5) is 11.5 Å². The number of ether oxygens (including phenoxy) is 1. The molecule has 2 aromatic carbocycles. The van der Waals surface area contributed by atoms with Gasteiger partial charge in [-0.2, -0.15) is 0 Å². The first kappa shape index (κ1) is 17.2. The number of nitrogens with zero attached hydrogens (tertiary/aromatic N) is 2. The third-order valence-corrected chi connectivity index (χ3v) is 4.57. The number of rotatable bonds is 4. The van der Waals surface area contributed by atoms with E-state index in [1.54, 1.807) is 17.7 Å². The van der Waals surface area contributed by atoms with Gasteiger partial charge in [0.2, 0.25) is 0 Å². The molecule has 0 aliphatic rings. The summed E-state index contributed by atoms with van der Waals surface area (Å²) in [5, 5.41) is 6.49. The Labute approximate surface area is 155 Å². The van der Waals surface area contributed by atoms with E-state index >= 15 is 0 Å². The van der Waals surface area contributed by atoms with Gasteiger partial charge in [0.25, 0.3) is 0 Å². The average molecular weight is 370 g/mol. The molecular formula is C19H16ClN3OS.